The normalized spacial score (nSPS) is 12.3. The second kappa shape index (κ2) is 7.23. The van der Waals surface area contributed by atoms with Crippen LogP contribution in [0.25, 0.3) is 10.1 Å². The van der Waals surface area contributed by atoms with Crippen LogP contribution < -0.4 is 10.6 Å². The lowest BCUT2D eigenvalue weighted by atomic mass is 10.1. The molecule has 1 aromatic heterocycles. The van der Waals surface area contributed by atoms with Gasteiger partial charge in [-0.05, 0) is 16.8 Å². The smallest absolute Gasteiger partial charge is 0.314 e. The molecule has 5 nitrogen and oxygen atoms in total. The molecule has 0 spiro atoms. The molecule has 1 aromatic carbocycles. The van der Waals surface area contributed by atoms with E-state index in [0.717, 1.165) is 15.6 Å². The molecule has 2 aromatic rings. The third-order valence-electron chi connectivity index (χ3n) is 2.92. The molecule has 0 unspecified atom stereocenters. The van der Waals surface area contributed by atoms with E-state index in [2.05, 4.69) is 10.6 Å². The molecule has 0 saturated carbocycles. The molecule has 20 heavy (non-hydrogen) atoms. The molecule has 0 fully saturated rings. The fourth-order valence-corrected chi connectivity index (χ4v) is 2.89. The summed E-state index contributed by atoms with van der Waals surface area (Å²) >= 11 is 1.59. The first-order chi connectivity index (χ1) is 9.72. The molecule has 2 amide bonds. The lowest BCUT2D eigenvalue weighted by molar-refractivity contribution is 0.172. The molecule has 6 heteroatoms. The summed E-state index contributed by atoms with van der Waals surface area (Å²) in [5.41, 5.74) is 0.850. The Morgan fingerprint density at radius 1 is 1.40 bits per heavy atom. The predicted molar refractivity (Wildman–Crippen MR) is 80.1 cm³/mol. The van der Waals surface area contributed by atoms with Crippen molar-refractivity contribution in [2.45, 2.75) is 6.10 Å². The van der Waals surface area contributed by atoms with E-state index in [1.54, 1.807) is 18.4 Å². The van der Waals surface area contributed by atoms with Crippen molar-refractivity contribution in [1.29, 1.82) is 0 Å². The van der Waals surface area contributed by atoms with Gasteiger partial charge >= 0.3 is 6.03 Å². The fraction of sp³-hybridized carbons (Fsp3) is 0.357. The zero-order valence-corrected chi connectivity index (χ0v) is 12.1. The second-order valence-corrected chi connectivity index (χ2v) is 5.24. The lowest BCUT2D eigenvalue weighted by Gasteiger charge is -2.12. The number of hydrogen-bond donors (Lipinski definition) is 3. The number of urea groups is 1. The van der Waals surface area contributed by atoms with Crippen molar-refractivity contribution < 1.29 is 14.6 Å². The number of carbonyl (C=O) groups is 1. The topological polar surface area (TPSA) is 70.6 Å². The maximum absolute atomic E-state index is 11.5. The number of fused-ring (bicyclic) bond motifs is 1. The van der Waals surface area contributed by atoms with E-state index in [4.69, 9.17) is 4.74 Å². The number of carbonyl (C=O) groups excluding carboxylic acids is 1. The Kier molecular flexibility index (Phi) is 5.34. The van der Waals surface area contributed by atoms with Crippen molar-refractivity contribution in [3.63, 3.8) is 0 Å². The molecule has 108 valence electrons. The van der Waals surface area contributed by atoms with Gasteiger partial charge in [-0.2, -0.15) is 0 Å². The highest BCUT2D eigenvalue weighted by Crippen LogP contribution is 2.29. The van der Waals surface area contributed by atoms with Gasteiger partial charge in [0.25, 0.3) is 0 Å². The zero-order chi connectivity index (χ0) is 14.4. The summed E-state index contributed by atoms with van der Waals surface area (Å²) in [4.78, 5) is 11.5. The molecule has 0 radical (unpaired) electrons. The second-order valence-electron chi connectivity index (χ2n) is 4.33. The number of benzene rings is 1. The van der Waals surface area contributed by atoms with Crippen LogP contribution in [0.5, 0.6) is 0 Å². The van der Waals surface area contributed by atoms with Crippen LogP contribution in [0.3, 0.4) is 0 Å². The fourth-order valence-electron chi connectivity index (χ4n) is 1.88. The Labute approximate surface area is 121 Å². The van der Waals surface area contributed by atoms with Gasteiger partial charge in [0.05, 0.1) is 12.7 Å². The molecular weight excluding hydrogens is 276 g/mol. The van der Waals surface area contributed by atoms with Crippen LogP contribution in [0.4, 0.5) is 4.79 Å². The van der Waals surface area contributed by atoms with Crippen molar-refractivity contribution in [3.8, 4) is 0 Å². The van der Waals surface area contributed by atoms with Gasteiger partial charge in [0, 0.05) is 30.5 Å². The average molecular weight is 294 g/mol. The zero-order valence-electron chi connectivity index (χ0n) is 11.3. The third kappa shape index (κ3) is 3.69. The summed E-state index contributed by atoms with van der Waals surface area (Å²) in [5, 5.41) is 18.4. The number of aliphatic hydroxyl groups excluding tert-OH is 1. The number of nitrogens with one attached hydrogen (secondary N) is 2. The van der Waals surface area contributed by atoms with Crippen LogP contribution in [0.15, 0.2) is 29.6 Å². The van der Waals surface area contributed by atoms with Gasteiger partial charge < -0.3 is 20.5 Å². The summed E-state index contributed by atoms with van der Waals surface area (Å²) < 4.78 is 5.97. The highest BCUT2D eigenvalue weighted by atomic mass is 32.1. The van der Waals surface area contributed by atoms with Gasteiger partial charge in [0.2, 0.25) is 0 Å². The first-order valence-corrected chi connectivity index (χ1v) is 7.25. The minimum atomic E-state index is -0.709. The maximum atomic E-state index is 11.5. The number of aliphatic hydroxyl groups is 1. The van der Waals surface area contributed by atoms with Gasteiger partial charge in [-0.15, -0.1) is 11.3 Å². The quantitative estimate of drug-likeness (QED) is 0.712. The van der Waals surface area contributed by atoms with Crippen molar-refractivity contribution in [2.24, 2.45) is 0 Å². The van der Waals surface area contributed by atoms with Gasteiger partial charge in [0.1, 0.15) is 0 Å². The Balaban J connectivity index is 1.88. The highest BCUT2D eigenvalue weighted by Gasteiger charge is 2.13. The molecular formula is C14H18N2O3S. The molecule has 0 aliphatic carbocycles. The molecule has 0 aliphatic heterocycles. The minimum Gasteiger partial charge on any atom is -0.387 e. The Bertz CT molecular complexity index is 570. The standard InChI is InChI=1S/C14H18N2O3S/c1-19-7-6-15-14(18)16-8-12(17)11-9-20-13-5-3-2-4-10(11)13/h2-5,9,12,17H,6-8H2,1H3,(H2,15,16,18)/t12-/m1/s1. The molecule has 0 bridgehead atoms. The van der Waals surface area contributed by atoms with E-state index in [0.29, 0.717) is 13.2 Å². The molecule has 3 N–H and O–H groups in total. The van der Waals surface area contributed by atoms with E-state index in [-0.39, 0.29) is 12.6 Å². The average Bonchev–Trinajstić information content (AvgIpc) is 2.89. The van der Waals surface area contributed by atoms with Crippen LogP contribution in [0.1, 0.15) is 11.7 Å². The van der Waals surface area contributed by atoms with E-state index < -0.39 is 6.10 Å². The highest BCUT2D eigenvalue weighted by molar-refractivity contribution is 7.17. The summed E-state index contributed by atoms with van der Waals surface area (Å²) in [6.45, 7) is 1.09. The van der Waals surface area contributed by atoms with Crippen molar-refractivity contribution in [2.75, 3.05) is 26.8 Å². The number of hydrogen-bond acceptors (Lipinski definition) is 4. The number of rotatable bonds is 6. The molecule has 0 saturated heterocycles. The van der Waals surface area contributed by atoms with Gasteiger partial charge in [0.15, 0.2) is 0 Å². The van der Waals surface area contributed by atoms with Crippen molar-refractivity contribution in [3.05, 3.63) is 35.2 Å². The summed E-state index contributed by atoms with van der Waals surface area (Å²) in [6.07, 6.45) is -0.709. The Hall–Kier alpha value is -1.63. The van der Waals surface area contributed by atoms with Crippen molar-refractivity contribution >= 4 is 27.5 Å². The molecule has 2 rings (SSSR count). The van der Waals surface area contributed by atoms with E-state index in [1.807, 2.05) is 29.6 Å². The van der Waals surface area contributed by atoms with Crippen LogP contribution in [-0.4, -0.2) is 37.9 Å². The van der Waals surface area contributed by atoms with E-state index in [9.17, 15) is 9.90 Å². The molecule has 1 heterocycles. The predicted octanol–water partition coefficient (Wildman–Crippen LogP) is 1.88. The van der Waals surface area contributed by atoms with Gasteiger partial charge in [-0.25, -0.2) is 4.79 Å². The Morgan fingerprint density at radius 2 is 2.20 bits per heavy atom. The number of ether oxygens (including phenoxy) is 1. The summed E-state index contributed by atoms with van der Waals surface area (Å²) in [5.74, 6) is 0. The largest absolute Gasteiger partial charge is 0.387 e. The molecule has 1 atom stereocenters. The SMILES string of the molecule is COCCNC(=O)NC[C@@H](O)c1csc2ccccc12. The van der Waals surface area contributed by atoms with Crippen LogP contribution in [0.2, 0.25) is 0 Å². The number of methoxy groups -OCH3 is 1. The number of amides is 2. The summed E-state index contributed by atoms with van der Waals surface area (Å²) in [7, 11) is 1.57. The molecule has 0 aliphatic rings. The summed E-state index contributed by atoms with van der Waals surface area (Å²) in [6, 6.07) is 7.59. The first-order valence-electron chi connectivity index (χ1n) is 6.37. The third-order valence-corrected chi connectivity index (χ3v) is 3.90. The lowest BCUT2D eigenvalue weighted by Crippen LogP contribution is -2.39. The van der Waals surface area contributed by atoms with Crippen LogP contribution >= 0.6 is 11.3 Å². The van der Waals surface area contributed by atoms with E-state index >= 15 is 0 Å². The van der Waals surface area contributed by atoms with Crippen molar-refractivity contribution in [1.82, 2.24) is 10.6 Å². The number of thiophene rings is 1. The van der Waals surface area contributed by atoms with Gasteiger partial charge in [-0.1, -0.05) is 18.2 Å². The monoisotopic (exact) mass is 294 g/mol. The Morgan fingerprint density at radius 3 is 3.00 bits per heavy atom. The maximum Gasteiger partial charge on any atom is 0.314 e. The minimum absolute atomic E-state index is 0.180. The van der Waals surface area contributed by atoms with Gasteiger partial charge in [-0.3, -0.25) is 0 Å². The first kappa shape index (κ1) is 14.8. The van der Waals surface area contributed by atoms with Crippen LogP contribution in [0, 0.1) is 0 Å². The van der Waals surface area contributed by atoms with E-state index in [1.165, 1.54) is 0 Å². The van der Waals surface area contributed by atoms with Crippen LogP contribution in [-0.2, 0) is 4.74 Å².